The van der Waals surface area contributed by atoms with Gasteiger partial charge in [0.15, 0.2) is 0 Å². The van der Waals surface area contributed by atoms with Crippen molar-refractivity contribution in [2.45, 2.75) is 26.3 Å². The van der Waals surface area contributed by atoms with Gasteiger partial charge in [-0.1, -0.05) is 31.2 Å². The Morgan fingerprint density at radius 2 is 1.76 bits per heavy atom. The van der Waals surface area contributed by atoms with Crippen molar-refractivity contribution in [3.8, 4) is 0 Å². The van der Waals surface area contributed by atoms with Gasteiger partial charge >= 0.3 is 0 Å². The third-order valence-corrected chi connectivity index (χ3v) is 4.56. The van der Waals surface area contributed by atoms with Crippen LogP contribution in [0.2, 0.25) is 0 Å². The van der Waals surface area contributed by atoms with Crippen LogP contribution in [0.4, 0.5) is 10.1 Å². The lowest BCUT2D eigenvalue weighted by atomic mass is 10.1. The van der Waals surface area contributed by atoms with Crippen molar-refractivity contribution in [1.82, 2.24) is 5.32 Å². The molecule has 0 saturated carbocycles. The number of hydrogen-bond donors (Lipinski definition) is 1. The minimum Gasteiger partial charge on any atom is -0.351 e. The second kappa shape index (κ2) is 7.47. The highest BCUT2D eigenvalue weighted by Crippen LogP contribution is 2.26. The summed E-state index contributed by atoms with van der Waals surface area (Å²) in [7, 11) is 0. The molecule has 1 fully saturated rings. The molecule has 0 bridgehead atoms. The number of rotatable bonds is 5. The number of carbonyl (C=O) groups is 2. The molecule has 1 heterocycles. The first kappa shape index (κ1) is 17.1. The maximum Gasteiger partial charge on any atom is 0.239 e. The van der Waals surface area contributed by atoms with Crippen LogP contribution in [-0.4, -0.2) is 18.4 Å². The molecule has 5 heteroatoms. The molecule has 1 N–H and O–H groups in total. The Morgan fingerprint density at radius 3 is 2.40 bits per heavy atom. The van der Waals surface area contributed by atoms with E-state index in [1.807, 2.05) is 24.3 Å². The molecule has 0 aliphatic carbocycles. The minimum absolute atomic E-state index is 0.166. The van der Waals surface area contributed by atoms with Gasteiger partial charge in [0.05, 0.1) is 0 Å². The van der Waals surface area contributed by atoms with Gasteiger partial charge in [-0.05, 0) is 48.2 Å². The molecule has 25 heavy (non-hydrogen) atoms. The van der Waals surface area contributed by atoms with E-state index < -0.39 is 5.92 Å². The van der Waals surface area contributed by atoms with Crippen LogP contribution >= 0.6 is 0 Å². The first-order chi connectivity index (χ1) is 12.1. The van der Waals surface area contributed by atoms with Crippen LogP contribution in [0.1, 0.15) is 24.5 Å². The van der Waals surface area contributed by atoms with E-state index in [-0.39, 0.29) is 24.2 Å². The average Bonchev–Trinajstić information content (AvgIpc) is 3.02. The number of nitrogens with one attached hydrogen (secondary N) is 1. The summed E-state index contributed by atoms with van der Waals surface area (Å²) in [5.41, 5.74) is 2.84. The van der Waals surface area contributed by atoms with Crippen molar-refractivity contribution in [2.75, 3.05) is 11.4 Å². The quantitative estimate of drug-likeness (QED) is 0.851. The highest BCUT2D eigenvalue weighted by atomic mass is 19.1. The van der Waals surface area contributed by atoms with Crippen LogP contribution < -0.4 is 10.2 Å². The summed E-state index contributed by atoms with van der Waals surface area (Å²) in [6.07, 6.45) is 1.45. The molecular formula is C20H21FN2O2. The van der Waals surface area contributed by atoms with Gasteiger partial charge in [0.2, 0.25) is 11.8 Å². The van der Waals surface area contributed by atoms with Gasteiger partial charge in [0, 0.05) is 18.8 Å². The SMILES string of the molecule is CCc1ccc(N2CCC(C(=O)NCc3ccc(F)cc3)C2=O)cc1. The Labute approximate surface area is 146 Å². The molecular weight excluding hydrogens is 319 g/mol. The molecule has 1 saturated heterocycles. The Hall–Kier alpha value is -2.69. The largest absolute Gasteiger partial charge is 0.351 e. The first-order valence-electron chi connectivity index (χ1n) is 8.51. The molecule has 3 rings (SSSR count). The van der Waals surface area contributed by atoms with E-state index in [1.165, 1.54) is 17.7 Å². The van der Waals surface area contributed by atoms with Crippen molar-refractivity contribution in [1.29, 1.82) is 0 Å². The molecule has 2 amide bonds. The predicted octanol–water partition coefficient (Wildman–Crippen LogP) is 3.06. The van der Waals surface area contributed by atoms with E-state index in [9.17, 15) is 14.0 Å². The van der Waals surface area contributed by atoms with Gasteiger partial charge in [-0.3, -0.25) is 9.59 Å². The summed E-state index contributed by atoms with van der Waals surface area (Å²) in [5, 5.41) is 2.77. The molecule has 0 radical (unpaired) electrons. The second-order valence-electron chi connectivity index (χ2n) is 6.20. The Morgan fingerprint density at radius 1 is 1.12 bits per heavy atom. The van der Waals surface area contributed by atoms with E-state index in [1.54, 1.807) is 17.0 Å². The van der Waals surface area contributed by atoms with Gasteiger partial charge in [-0.2, -0.15) is 0 Å². The number of halogens is 1. The summed E-state index contributed by atoms with van der Waals surface area (Å²) in [6, 6.07) is 13.8. The average molecular weight is 340 g/mol. The predicted molar refractivity (Wildman–Crippen MR) is 94.5 cm³/mol. The summed E-state index contributed by atoms with van der Waals surface area (Å²) in [6.45, 7) is 2.91. The minimum atomic E-state index is -0.661. The van der Waals surface area contributed by atoms with Crippen molar-refractivity contribution in [2.24, 2.45) is 5.92 Å². The normalized spacial score (nSPS) is 17.0. The van der Waals surface area contributed by atoms with Crippen LogP contribution in [-0.2, 0) is 22.6 Å². The summed E-state index contributed by atoms with van der Waals surface area (Å²) in [4.78, 5) is 26.6. The fourth-order valence-corrected chi connectivity index (χ4v) is 3.01. The van der Waals surface area contributed by atoms with Crippen LogP contribution in [0.3, 0.4) is 0 Å². The van der Waals surface area contributed by atoms with Crippen LogP contribution in [0.15, 0.2) is 48.5 Å². The zero-order valence-electron chi connectivity index (χ0n) is 14.2. The van der Waals surface area contributed by atoms with Crippen molar-refractivity contribution >= 4 is 17.5 Å². The summed E-state index contributed by atoms with van der Waals surface area (Å²) >= 11 is 0. The third kappa shape index (κ3) is 3.87. The maximum atomic E-state index is 12.9. The number of carbonyl (C=O) groups excluding carboxylic acids is 2. The molecule has 1 aliphatic heterocycles. The topological polar surface area (TPSA) is 49.4 Å². The molecule has 0 aromatic heterocycles. The van der Waals surface area contributed by atoms with Gasteiger partial charge < -0.3 is 10.2 Å². The third-order valence-electron chi connectivity index (χ3n) is 4.56. The van der Waals surface area contributed by atoms with Gasteiger partial charge in [-0.15, -0.1) is 0 Å². The number of amides is 2. The Bertz CT molecular complexity index is 756. The lowest BCUT2D eigenvalue weighted by Gasteiger charge is -2.17. The van der Waals surface area contributed by atoms with E-state index >= 15 is 0 Å². The number of anilines is 1. The van der Waals surface area contributed by atoms with Gasteiger partial charge in [0.1, 0.15) is 11.7 Å². The van der Waals surface area contributed by atoms with Crippen LogP contribution in [0.25, 0.3) is 0 Å². The van der Waals surface area contributed by atoms with Crippen LogP contribution in [0, 0.1) is 11.7 Å². The van der Waals surface area contributed by atoms with E-state index in [0.717, 1.165) is 17.7 Å². The van der Waals surface area contributed by atoms with E-state index in [4.69, 9.17) is 0 Å². The zero-order chi connectivity index (χ0) is 17.8. The van der Waals surface area contributed by atoms with E-state index in [0.29, 0.717) is 13.0 Å². The maximum absolute atomic E-state index is 12.9. The summed E-state index contributed by atoms with van der Waals surface area (Å²) in [5.74, 6) is -1.42. The van der Waals surface area contributed by atoms with Gasteiger partial charge in [0.25, 0.3) is 0 Å². The molecule has 1 unspecified atom stereocenters. The van der Waals surface area contributed by atoms with Crippen molar-refractivity contribution in [3.63, 3.8) is 0 Å². The zero-order valence-corrected chi connectivity index (χ0v) is 14.2. The van der Waals surface area contributed by atoms with E-state index in [2.05, 4.69) is 12.2 Å². The highest BCUT2D eigenvalue weighted by molar-refractivity contribution is 6.09. The van der Waals surface area contributed by atoms with Crippen LogP contribution in [0.5, 0.6) is 0 Å². The van der Waals surface area contributed by atoms with Gasteiger partial charge in [-0.25, -0.2) is 4.39 Å². The van der Waals surface area contributed by atoms with Crippen molar-refractivity contribution < 1.29 is 14.0 Å². The lowest BCUT2D eigenvalue weighted by Crippen LogP contribution is -2.36. The second-order valence-corrected chi connectivity index (χ2v) is 6.20. The van der Waals surface area contributed by atoms with Crippen molar-refractivity contribution in [3.05, 3.63) is 65.5 Å². The molecule has 1 atom stereocenters. The first-order valence-corrected chi connectivity index (χ1v) is 8.51. The fourth-order valence-electron chi connectivity index (χ4n) is 3.01. The smallest absolute Gasteiger partial charge is 0.239 e. The lowest BCUT2D eigenvalue weighted by molar-refractivity contribution is -0.132. The number of nitrogens with zero attached hydrogens (tertiary/aromatic N) is 1. The molecule has 1 aliphatic rings. The standard InChI is InChI=1S/C20H21FN2O2/c1-2-14-5-9-17(10-6-14)23-12-11-18(20(23)25)19(24)22-13-15-3-7-16(21)8-4-15/h3-10,18H,2,11-13H2,1H3,(H,22,24). The molecule has 0 spiro atoms. The Kier molecular flexibility index (Phi) is 5.12. The summed E-state index contributed by atoms with van der Waals surface area (Å²) < 4.78 is 12.9. The molecule has 4 nitrogen and oxygen atoms in total. The molecule has 2 aromatic rings. The Balaban J connectivity index is 1.60. The highest BCUT2D eigenvalue weighted by Gasteiger charge is 2.37. The number of benzene rings is 2. The number of hydrogen-bond acceptors (Lipinski definition) is 2. The monoisotopic (exact) mass is 340 g/mol. The number of aryl methyl sites for hydroxylation is 1. The molecule has 2 aromatic carbocycles. The molecule has 130 valence electrons. The fraction of sp³-hybridized carbons (Fsp3) is 0.300.